The van der Waals surface area contributed by atoms with Crippen LogP contribution in [0, 0.1) is 20.8 Å². The molecule has 13 nitrogen and oxygen atoms in total. The molecule has 0 unspecified atom stereocenters. The molecular weight excluding hydrogens is 738 g/mol. The first-order chi connectivity index (χ1) is 26.3. The lowest BCUT2D eigenvalue weighted by Crippen LogP contribution is -2.39. The standard InChI is InChI=1S/C40H42ClN9O4S/c1-20(2)29-15-30(33(52)17-32(29)51)37-46-48-40(54)50(37)28-13-7-25(8-14-28)19-42-21(3)18-43-34(53)16-31-38-47-45-24(6)49(38)39-35(22(4)23(5)55-39)36(44-31)26-9-11-27(41)12-10-26/h7-15,17,20-21,31,42,51-52H,16,18-19H2,1-6H3,(H,43,53)(H,48,54)/t21-,31-/m0/s1. The van der Waals surface area contributed by atoms with Gasteiger partial charge in [0.15, 0.2) is 11.6 Å². The molecule has 0 aliphatic carbocycles. The van der Waals surface area contributed by atoms with Gasteiger partial charge in [-0.3, -0.25) is 14.4 Å². The normalized spacial score (nSPS) is 14.3. The first kappa shape index (κ1) is 37.7. The minimum absolute atomic E-state index is 0.0122. The summed E-state index contributed by atoms with van der Waals surface area (Å²) in [6.45, 7) is 12.9. The number of H-pyrrole nitrogens is 1. The van der Waals surface area contributed by atoms with E-state index < -0.39 is 11.7 Å². The molecule has 284 valence electrons. The Morgan fingerprint density at radius 1 is 0.982 bits per heavy atom. The molecule has 5 N–H and O–H groups in total. The van der Waals surface area contributed by atoms with E-state index in [0.717, 1.165) is 38.8 Å². The molecule has 3 aromatic carbocycles. The number of amides is 1. The molecule has 55 heavy (non-hydrogen) atoms. The SMILES string of the molecule is Cc1sc2c(c1C)C(c1ccc(Cl)cc1)=N[C@@H](CC(=O)NC[C@H](C)NCc1ccc(-n3c(-c4cc(C(C)C)c(O)cc4O)n[nH]c3=O)cc1)c1nnc(C)n1-2. The number of benzene rings is 3. The summed E-state index contributed by atoms with van der Waals surface area (Å²) in [6, 6.07) is 17.3. The third-order valence-electron chi connectivity index (χ3n) is 9.87. The number of thiophene rings is 1. The number of aromatic nitrogens is 6. The average Bonchev–Trinajstić information content (AvgIpc) is 3.79. The number of halogens is 1. The zero-order chi connectivity index (χ0) is 39.1. The lowest BCUT2D eigenvalue weighted by Gasteiger charge is -2.17. The van der Waals surface area contributed by atoms with Crippen LogP contribution in [-0.4, -0.2) is 63.9 Å². The number of aliphatic imine (C=N–C) groups is 1. The van der Waals surface area contributed by atoms with Crippen LogP contribution in [0.4, 0.5) is 0 Å². The van der Waals surface area contributed by atoms with Crippen LogP contribution in [-0.2, 0) is 11.3 Å². The predicted molar refractivity (Wildman–Crippen MR) is 214 cm³/mol. The van der Waals surface area contributed by atoms with E-state index in [4.69, 9.17) is 16.6 Å². The Kier molecular flexibility index (Phi) is 10.5. The largest absolute Gasteiger partial charge is 0.508 e. The Morgan fingerprint density at radius 3 is 2.42 bits per heavy atom. The lowest BCUT2D eigenvalue weighted by molar-refractivity contribution is -0.121. The third kappa shape index (κ3) is 7.44. The number of nitrogens with one attached hydrogen (secondary N) is 3. The van der Waals surface area contributed by atoms with Gasteiger partial charge in [0.1, 0.15) is 28.4 Å². The van der Waals surface area contributed by atoms with Crippen molar-refractivity contribution in [2.75, 3.05) is 6.54 Å². The van der Waals surface area contributed by atoms with E-state index in [1.807, 2.05) is 68.7 Å². The van der Waals surface area contributed by atoms with E-state index in [2.05, 4.69) is 44.9 Å². The summed E-state index contributed by atoms with van der Waals surface area (Å²) < 4.78 is 3.41. The second kappa shape index (κ2) is 15.3. The van der Waals surface area contributed by atoms with Gasteiger partial charge in [-0.25, -0.2) is 14.5 Å². The van der Waals surface area contributed by atoms with Crippen molar-refractivity contribution in [1.29, 1.82) is 0 Å². The zero-order valence-electron chi connectivity index (χ0n) is 31.3. The van der Waals surface area contributed by atoms with Gasteiger partial charge in [-0.15, -0.1) is 21.5 Å². The molecule has 3 aromatic heterocycles. The summed E-state index contributed by atoms with van der Waals surface area (Å²) in [5, 5.41) is 44.6. The highest BCUT2D eigenvalue weighted by Crippen LogP contribution is 2.40. The molecule has 1 aliphatic rings. The van der Waals surface area contributed by atoms with E-state index in [9.17, 15) is 19.8 Å². The predicted octanol–water partition coefficient (Wildman–Crippen LogP) is 6.56. The minimum atomic E-state index is -0.563. The molecule has 0 saturated heterocycles. The molecule has 4 heterocycles. The molecule has 1 aliphatic heterocycles. The molecule has 0 fully saturated rings. The van der Waals surface area contributed by atoms with Crippen LogP contribution in [0.5, 0.6) is 11.5 Å². The van der Waals surface area contributed by atoms with Crippen molar-refractivity contribution in [2.24, 2.45) is 4.99 Å². The number of phenols is 2. The number of aromatic hydroxyl groups is 2. The molecular formula is C40H42ClN9O4S. The number of fused-ring (bicyclic) bond motifs is 3. The maximum atomic E-state index is 13.5. The van der Waals surface area contributed by atoms with Crippen molar-refractivity contribution < 1.29 is 15.0 Å². The van der Waals surface area contributed by atoms with Crippen LogP contribution < -0.4 is 16.3 Å². The monoisotopic (exact) mass is 779 g/mol. The van der Waals surface area contributed by atoms with Crippen LogP contribution in [0.2, 0.25) is 5.02 Å². The van der Waals surface area contributed by atoms with E-state index in [-0.39, 0.29) is 41.6 Å². The van der Waals surface area contributed by atoms with Crippen molar-refractivity contribution >= 4 is 34.6 Å². The molecule has 0 bridgehead atoms. The molecule has 15 heteroatoms. The summed E-state index contributed by atoms with van der Waals surface area (Å²) in [5.41, 5.74) is 5.86. The van der Waals surface area contributed by atoms with Gasteiger partial charge in [0.05, 0.1) is 23.4 Å². The highest BCUT2D eigenvalue weighted by Gasteiger charge is 2.32. The van der Waals surface area contributed by atoms with E-state index in [0.29, 0.717) is 40.8 Å². The summed E-state index contributed by atoms with van der Waals surface area (Å²) in [4.78, 5) is 32.7. The summed E-state index contributed by atoms with van der Waals surface area (Å²) in [5.74, 6) is 1.21. The van der Waals surface area contributed by atoms with Gasteiger partial charge in [-0.05, 0) is 80.6 Å². The number of aromatic amines is 1. The van der Waals surface area contributed by atoms with Gasteiger partial charge < -0.3 is 20.8 Å². The third-order valence-corrected chi connectivity index (χ3v) is 11.3. The van der Waals surface area contributed by atoms with Gasteiger partial charge in [-0.2, -0.15) is 5.10 Å². The summed E-state index contributed by atoms with van der Waals surface area (Å²) >= 11 is 7.90. The van der Waals surface area contributed by atoms with Crippen LogP contribution in [0.15, 0.2) is 70.5 Å². The Labute approximate surface area is 326 Å². The summed E-state index contributed by atoms with van der Waals surface area (Å²) in [7, 11) is 0. The van der Waals surface area contributed by atoms with Gasteiger partial charge >= 0.3 is 5.69 Å². The van der Waals surface area contributed by atoms with Gasteiger partial charge in [-0.1, -0.05) is 49.7 Å². The summed E-state index contributed by atoms with van der Waals surface area (Å²) in [6.07, 6.45) is 0.0897. The molecule has 1 amide bonds. The number of carbonyl (C=O) groups excluding carboxylic acids is 1. The maximum Gasteiger partial charge on any atom is 0.348 e. The quantitative estimate of drug-likeness (QED) is 0.0983. The molecule has 0 radical (unpaired) electrons. The first-order valence-electron chi connectivity index (χ1n) is 18.0. The molecule has 2 atom stereocenters. The average molecular weight is 780 g/mol. The molecule has 0 spiro atoms. The maximum absolute atomic E-state index is 13.5. The van der Waals surface area contributed by atoms with Crippen LogP contribution in [0.1, 0.15) is 83.5 Å². The Hall–Kier alpha value is -5.57. The Balaban J connectivity index is 1.02. The van der Waals surface area contributed by atoms with Crippen molar-refractivity contribution in [1.82, 2.24) is 40.2 Å². The topological polar surface area (TPSA) is 175 Å². The smallest absolute Gasteiger partial charge is 0.348 e. The highest BCUT2D eigenvalue weighted by molar-refractivity contribution is 7.15. The number of carbonyl (C=O) groups is 1. The fourth-order valence-electron chi connectivity index (χ4n) is 6.73. The second-order valence-corrected chi connectivity index (χ2v) is 15.8. The minimum Gasteiger partial charge on any atom is -0.508 e. The highest BCUT2D eigenvalue weighted by atomic mass is 35.5. The van der Waals surface area contributed by atoms with Crippen LogP contribution in [0.25, 0.3) is 22.1 Å². The van der Waals surface area contributed by atoms with Crippen molar-refractivity contribution in [3.05, 3.63) is 121 Å². The molecule has 7 rings (SSSR count). The number of hydrogen-bond acceptors (Lipinski definition) is 10. The number of rotatable bonds is 11. The van der Waals surface area contributed by atoms with Crippen LogP contribution >= 0.6 is 22.9 Å². The zero-order valence-corrected chi connectivity index (χ0v) is 32.9. The number of nitrogens with zero attached hydrogens (tertiary/aromatic N) is 6. The number of aryl methyl sites for hydroxylation is 2. The van der Waals surface area contributed by atoms with Gasteiger partial charge in [0, 0.05) is 46.2 Å². The van der Waals surface area contributed by atoms with Gasteiger partial charge in [0.2, 0.25) is 5.91 Å². The van der Waals surface area contributed by atoms with E-state index in [1.165, 1.54) is 15.5 Å². The molecule has 0 saturated carbocycles. The Bertz CT molecular complexity index is 2480. The number of phenolic OH excluding ortho intramolecular Hbond substituents is 2. The lowest BCUT2D eigenvalue weighted by atomic mass is 9.98. The van der Waals surface area contributed by atoms with Crippen molar-refractivity contribution in [3.63, 3.8) is 0 Å². The van der Waals surface area contributed by atoms with E-state index >= 15 is 0 Å². The fourth-order valence-corrected chi connectivity index (χ4v) is 8.07. The fraction of sp³-hybridized carbons (Fsp3) is 0.300. The van der Waals surface area contributed by atoms with E-state index in [1.54, 1.807) is 29.5 Å². The molecule has 6 aromatic rings. The Morgan fingerprint density at radius 2 is 1.71 bits per heavy atom. The van der Waals surface area contributed by atoms with Gasteiger partial charge in [0.25, 0.3) is 0 Å². The number of hydrogen-bond donors (Lipinski definition) is 5. The second-order valence-electron chi connectivity index (χ2n) is 14.1. The first-order valence-corrected chi connectivity index (χ1v) is 19.2. The van der Waals surface area contributed by atoms with Crippen LogP contribution in [0.3, 0.4) is 0 Å². The van der Waals surface area contributed by atoms with Crippen molar-refractivity contribution in [3.8, 4) is 33.6 Å². The van der Waals surface area contributed by atoms with Crippen molar-refractivity contribution in [2.45, 2.75) is 72.5 Å².